The average molecular weight is 349 g/mol. The Morgan fingerprint density at radius 3 is 2.72 bits per heavy atom. The molecule has 1 N–H and O–H groups in total. The van der Waals surface area contributed by atoms with E-state index in [-0.39, 0.29) is 12.0 Å². The van der Waals surface area contributed by atoms with Crippen molar-refractivity contribution < 1.29 is 14.1 Å². The first-order chi connectivity index (χ1) is 12.2. The summed E-state index contributed by atoms with van der Waals surface area (Å²) in [6, 6.07) is 1.96. The van der Waals surface area contributed by atoms with E-state index in [0.29, 0.717) is 26.2 Å². The third-order valence-electron chi connectivity index (χ3n) is 4.70. The van der Waals surface area contributed by atoms with Gasteiger partial charge in [-0.1, -0.05) is 12.1 Å². The number of nitrogens with zero attached hydrogens (tertiary/aromatic N) is 4. The maximum atomic E-state index is 12.4. The van der Waals surface area contributed by atoms with Gasteiger partial charge in [-0.25, -0.2) is 0 Å². The van der Waals surface area contributed by atoms with Gasteiger partial charge in [0, 0.05) is 45.9 Å². The zero-order chi connectivity index (χ0) is 17.6. The molecule has 0 radical (unpaired) electrons. The molecular formula is C17H27N5O3. The minimum atomic E-state index is -0.233. The fraction of sp³-hybridized carbons (Fsp3) is 0.706. The van der Waals surface area contributed by atoms with Crippen LogP contribution in [-0.2, 0) is 22.5 Å². The standard InChI is InChI=1S/C17H27N5O3/c1-3-13-11-14(25-20-13)12-19-17(18-2)22-8-6-21(7-9-22)16(23)15-5-4-10-24-15/h11,15H,3-10,12H2,1-2H3,(H,18,19). The number of ether oxygens (including phenoxy) is 1. The van der Waals surface area contributed by atoms with Crippen LogP contribution in [0.25, 0.3) is 0 Å². The molecule has 1 aromatic rings. The van der Waals surface area contributed by atoms with Gasteiger partial charge in [-0.2, -0.15) is 0 Å². The molecule has 1 unspecified atom stereocenters. The Bertz CT molecular complexity index is 601. The summed E-state index contributed by atoms with van der Waals surface area (Å²) in [5.41, 5.74) is 0.952. The number of carbonyl (C=O) groups excluding carboxylic acids is 1. The molecule has 25 heavy (non-hydrogen) atoms. The number of nitrogens with one attached hydrogen (secondary N) is 1. The molecule has 1 atom stereocenters. The monoisotopic (exact) mass is 349 g/mol. The van der Waals surface area contributed by atoms with Crippen molar-refractivity contribution in [2.45, 2.75) is 38.8 Å². The molecule has 3 rings (SSSR count). The smallest absolute Gasteiger partial charge is 0.251 e. The van der Waals surface area contributed by atoms with Crippen molar-refractivity contribution in [3.63, 3.8) is 0 Å². The van der Waals surface area contributed by atoms with Gasteiger partial charge in [0.2, 0.25) is 0 Å². The molecule has 2 fully saturated rings. The van der Waals surface area contributed by atoms with Gasteiger partial charge < -0.3 is 24.4 Å². The number of hydrogen-bond donors (Lipinski definition) is 1. The number of piperazine rings is 1. The Morgan fingerprint density at radius 1 is 1.36 bits per heavy atom. The van der Waals surface area contributed by atoms with Crippen molar-refractivity contribution in [3.8, 4) is 0 Å². The van der Waals surface area contributed by atoms with Gasteiger partial charge in [0.1, 0.15) is 6.10 Å². The topological polar surface area (TPSA) is 83.2 Å². The third-order valence-corrected chi connectivity index (χ3v) is 4.70. The molecule has 2 saturated heterocycles. The van der Waals surface area contributed by atoms with E-state index in [2.05, 4.69) is 20.4 Å². The van der Waals surface area contributed by atoms with E-state index < -0.39 is 0 Å². The summed E-state index contributed by atoms with van der Waals surface area (Å²) >= 11 is 0. The summed E-state index contributed by atoms with van der Waals surface area (Å²) in [4.78, 5) is 20.8. The van der Waals surface area contributed by atoms with E-state index in [4.69, 9.17) is 9.26 Å². The summed E-state index contributed by atoms with van der Waals surface area (Å²) in [6.07, 6.45) is 2.45. The van der Waals surface area contributed by atoms with Gasteiger partial charge in [0.15, 0.2) is 11.7 Å². The van der Waals surface area contributed by atoms with E-state index in [1.807, 2.05) is 17.9 Å². The summed E-state index contributed by atoms with van der Waals surface area (Å²) < 4.78 is 10.8. The minimum Gasteiger partial charge on any atom is -0.368 e. The van der Waals surface area contributed by atoms with E-state index in [1.54, 1.807) is 7.05 Å². The second-order valence-electron chi connectivity index (χ2n) is 6.35. The molecule has 138 valence electrons. The number of aliphatic imine (C=N–C) groups is 1. The van der Waals surface area contributed by atoms with Crippen LogP contribution in [0.15, 0.2) is 15.6 Å². The van der Waals surface area contributed by atoms with Gasteiger partial charge >= 0.3 is 0 Å². The van der Waals surface area contributed by atoms with Crippen molar-refractivity contribution in [2.75, 3.05) is 39.8 Å². The largest absolute Gasteiger partial charge is 0.368 e. The van der Waals surface area contributed by atoms with Crippen LogP contribution in [0.3, 0.4) is 0 Å². The van der Waals surface area contributed by atoms with E-state index in [0.717, 1.165) is 49.8 Å². The van der Waals surface area contributed by atoms with Crippen molar-refractivity contribution in [2.24, 2.45) is 4.99 Å². The Labute approximate surface area is 148 Å². The predicted octanol–water partition coefficient (Wildman–Crippen LogP) is 0.636. The maximum absolute atomic E-state index is 12.4. The highest BCUT2D eigenvalue weighted by atomic mass is 16.5. The molecule has 0 aliphatic carbocycles. The second kappa shape index (κ2) is 8.33. The normalized spacial score (nSPS) is 21.7. The van der Waals surface area contributed by atoms with Gasteiger partial charge in [-0.3, -0.25) is 9.79 Å². The summed E-state index contributed by atoms with van der Waals surface area (Å²) in [5, 5.41) is 7.30. The van der Waals surface area contributed by atoms with E-state index >= 15 is 0 Å². The lowest BCUT2D eigenvalue weighted by atomic mass is 10.2. The van der Waals surface area contributed by atoms with Crippen molar-refractivity contribution >= 4 is 11.9 Å². The lowest BCUT2D eigenvalue weighted by molar-refractivity contribution is -0.142. The molecule has 1 aromatic heterocycles. The molecule has 0 aromatic carbocycles. The highest BCUT2D eigenvalue weighted by Crippen LogP contribution is 2.16. The fourth-order valence-corrected chi connectivity index (χ4v) is 3.22. The number of guanidine groups is 1. The first-order valence-electron chi connectivity index (χ1n) is 9.01. The number of aryl methyl sites for hydroxylation is 1. The SMILES string of the molecule is CCc1cc(CNC(=NC)N2CCN(C(=O)C3CCCO3)CC2)on1. The van der Waals surface area contributed by atoms with E-state index in [1.165, 1.54) is 0 Å². The first-order valence-corrected chi connectivity index (χ1v) is 9.01. The second-order valence-corrected chi connectivity index (χ2v) is 6.35. The number of hydrogen-bond acceptors (Lipinski definition) is 5. The molecule has 3 heterocycles. The average Bonchev–Trinajstić information content (AvgIpc) is 3.34. The van der Waals surface area contributed by atoms with Crippen LogP contribution in [0.1, 0.15) is 31.2 Å². The molecule has 8 heteroatoms. The number of carbonyl (C=O) groups is 1. The summed E-state index contributed by atoms with van der Waals surface area (Å²) in [7, 11) is 1.77. The van der Waals surface area contributed by atoms with Crippen LogP contribution in [-0.4, -0.2) is 72.8 Å². The Balaban J connectivity index is 1.47. The van der Waals surface area contributed by atoms with Crippen LogP contribution in [0.4, 0.5) is 0 Å². The van der Waals surface area contributed by atoms with Gasteiger partial charge in [0.25, 0.3) is 5.91 Å². The summed E-state index contributed by atoms with van der Waals surface area (Å²) in [6.45, 7) is 6.21. The Morgan fingerprint density at radius 2 is 2.12 bits per heavy atom. The van der Waals surface area contributed by atoms with Crippen LogP contribution in [0.2, 0.25) is 0 Å². The summed E-state index contributed by atoms with van der Waals surface area (Å²) in [5.74, 6) is 1.75. The lowest BCUT2D eigenvalue weighted by Gasteiger charge is -2.37. The lowest BCUT2D eigenvalue weighted by Crippen LogP contribution is -2.55. The molecular weight excluding hydrogens is 322 g/mol. The fourth-order valence-electron chi connectivity index (χ4n) is 3.22. The van der Waals surface area contributed by atoms with E-state index in [9.17, 15) is 4.79 Å². The molecule has 8 nitrogen and oxygen atoms in total. The molecule has 0 bridgehead atoms. The molecule has 2 aliphatic heterocycles. The predicted molar refractivity (Wildman–Crippen MR) is 93.2 cm³/mol. The zero-order valence-corrected chi connectivity index (χ0v) is 15.0. The third kappa shape index (κ3) is 4.31. The molecule has 2 aliphatic rings. The van der Waals surface area contributed by atoms with Crippen LogP contribution >= 0.6 is 0 Å². The number of rotatable bonds is 4. The maximum Gasteiger partial charge on any atom is 0.251 e. The first kappa shape index (κ1) is 17.7. The molecule has 0 spiro atoms. The Hall–Kier alpha value is -2.09. The van der Waals surface area contributed by atoms with Gasteiger partial charge in [-0.15, -0.1) is 0 Å². The number of amides is 1. The molecule has 1 amide bonds. The van der Waals surface area contributed by atoms with Gasteiger partial charge in [-0.05, 0) is 19.3 Å². The van der Waals surface area contributed by atoms with Crippen LogP contribution < -0.4 is 5.32 Å². The molecule has 0 saturated carbocycles. The van der Waals surface area contributed by atoms with Crippen molar-refractivity contribution in [1.29, 1.82) is 0 Å². The van der Waals surface area contributed by atoms with Crippen molar-refractivity contribution in [1.82, 2.24) is 20.3 Å². The quantitative estimate of drug-likeness (QED) is 0.634. The van der Waals surface area contributed by atoms with Crippen LogP contribution in [0.5, 0.6) is 0 Å². The van der Waals surface area contributed by atoms with Gasteiger partial charge in [0.05, 0.1) is 12.2 Å². The van der Waals surface area contributed by atoms with Crippen molar-refractivity contribution in [3.05, 3.63) is 17.5 Å². The zero-order valence-electron chi connectivity index (χ0n) is 15.0. The highest BCUT2D eigenvalue weighted by Gasteiger charge is 2.30. The highest BCUT2D eigenvalue weighted by molar-refractivity contribution is 5.82. The number of aromatic nitrogens is 1. The minimum absolute atomic E-state index is 0.133. The Kier molecular flexibility index (Phi) is 5.91. The van der Waals surface area contributed by atoms with Crippen LogP contribution in [0, 0.1) is 0 Å².